The zero-order chi connectivity index (χ0) is 22.3. The Hall–Kier alpha value is -1.79. The first-order valence-electron chi connectivity index (χ1n) is 10.9. The maximum absolute atomic E-state index is 13.0. The number of likely N-dealkylation sites (tertiary alicyclic amines) is 1. The van der Waals surface area contributed by atoms with Gasteiger partial charge in [0.05, 0.1) is 5.56 Å². The molecule has 1 aliphatic carbocycles. The van der Waals surface area contributed by atoms with E-state index in [1.165, 1.54) is 18.7 Å². The Morgan fingerprint density at radius 1 is 1.22 bits per heavy atom. The number of amides is 1. The number of nitrogens with one attached hydrogen (secondary N) is 3. The highest BCUT2D eigenvalue weighted by molar-refractivity contribution is 14.0. The van der Waals surface area contributed by atoms with E-state index in [0.717, 1.165) is 44.7 Å². The Labute approximate surface area is 204 Å². The smallest absolute Gasteiger partial charge is 0.368 e. The predicted octanol–water partition coefficient (Wildman–Crippen LogP) is 3.48. The second-order valence-corrected chi connectivity index (χ2v) is 8.07. The zero-order valence-electron chi connectivity index (χ0n) is 18.2. The maximum Gasteiger partial charge on any atom is 0.419 e. The fourth-order valence-corrected chi connectivity index (χ4v) is 4.21. The number of nitrogens with zero attached hydrogens (tertiary/aromatic N) is 3. The van der Waals surface area contributed by atoms with Crippen LogP contribution in [-0.4, -0.2) is 61.0 Å². The SMILES string of the molecule is CN=C(NCCNc1ncccc1C(F)(F)F)NC1CCN(C(=O)C2CCCCC2)C1.I. The van der Waals surface area contributed by atoms with Crippen LogP contribution in [0.25, 0.3) is 0 Å². The number of pyridine rings is 1. The van der Waals surface area contributed by atoms with Crippen LogP contribution in [0, 0.1) is 5.92 Å². The molecule has 180 valence electrons. The third-order valence-corrected chi connectivity index (χ3v) is 5.84. The number of rotatable bonds is 6. The third-order valence-electron chi connectivity index (χ3n) is 5.84. The van der Waals surface area contributed by atoms with Crippen LogP contribution in [0.15, 0.2) is 23.3 Å². The van der Waals surface area contributed by atoms with Crippen LogP contribution >= 0.6 is 24.0 Å². The van der Waals surface area contributed by atoms with Gasteiger partial charge in [0.1, 0.15) is 5.82 Å². The quantitative estimate of drug-likeness (QED) is 0.212. The lowest BCUT2D eigenvalue weighted by atomic mass is 9.88. The fraction of sp³-hybridized carbons (Fsp3) is 0.667. The van der Waals surface area contributed by atoms with Crippen molar-refractivity contribution < 1.29 is 18.0 Å². The number of halogens is 4. The van der Waals surface area contributed by atoms with Crippen LogP contribution in [-0.2, 0) is 11.0 Å². The zero-order valence-corrected chi connectivity index (χ0v) is 20.6. The molecule has 1 aromatic rings. The molecule has 2 aliphatic rings. The van der Waals surface area contributed by atoms with Crippen molar-refractivity contribution in [2.24, 2.45) is 10.9 Å². The van der Waals surface area contributed by atoms with Gasteiger partial charge in [-0.15, -0.1) is 24.0 Å². The van der Waals surface area contributed by atoms with E-state index < -0.39 is 11.7 Å². The number of carbonyl (C=O) groups excluding carboxylic acids is 1. The molecule has 3 rings (SSSR count). The van der Waals surface area contributed by atoms with Gasteiger partial charge < -0.3 is 20.9 Å². The highest BCUT2D eigenvalue weighted by atomic mass is 127. The molecule has 0 spiro atoms. The van der Waals surface area contributed by atoms with E-state index in [-0.39, 0.29) is 54.2 Å². The van der Waals surface area contributed by atoms with Crippen molar-refractivity contribution in [1.82, 2.24) is 20.5 Å². The van der Waals surface area contributed by atoms with Gasteiger partial charge in [-0.05, 0) is 31.4 Å². The summed E-state index contributed by atoms with van der Waals surface area (Å²) in [6.07, 6.45) is 3.21. The molecular formula is C21H32F3IN6O. The van der Waals surface area contributed by atoms with Gasteiger partial charge in [0.15, 0.2) is 5.96 Å². The van der Waals surface area contributed by atoms with Gasteiger partial charge in [-0.2, -0.15) is 13.2 Å². The van der Waals surface area contributed by atoms with Crippen molar-refractivity contribution in [3.8, 4) is 0 Å². The molecule has 1 atom stereocenters. The molecule has 1 aliphatic heterocycles. The summed E-state index contributed by atoms with van der Waals surface area (Å²) in [5.41, 5.74) is -0.786. The van der Waals surface area contributed by atoms with Crippen LogP contribution in [0.1, 0.15) is 44.1 Å². The van der Waals surface area contributed by atoms with Crippen molar-refractivity contribution in [1.29, 1.82) is 0 Å². The van der Waals surface area contributed by atoms with Crippen LogP contribution < -0.4 is 16.0 Å². The summed E-state index contributed by atoms with van der Waals surface area (Å²) in [4.78, 5) is 22.6. The minimum Gasteiger partial charge on any atom is -0.368 e. The Bertz CT molecular complexity index is 770. The topological polar surface area (TPSA) is 81.7 Å². The lowest BCUT2D eigenvalue weighted by Crippen LogP contribution is -2.46. The summed E-state index contributed by atoms with van der Waals surface area (Å²) in [5, 5.41) is 9.13. The molecule has 32 heavy (non-hydrogen) atoms. The second kappa shape index (κ2) is 12.4. The third kappa shape index (κ3) is 7.38. The average Bonchev–Trinajstić information content (AvgIpc) is 3.24. The number of guanidine groups is 1. The number of carbonyl (C=O) groups is 1. The number of hydrogen-bond acceptors (Lipinski definition) is 4. The standard InChI is InChI=1S/C21H31F3N6O.HI/c1-25-20(28-12-11-27-18-17(21(22,23)24)8-5-10-26-18)29-16-9-13-30(14-16)19(31)15-6-3-2-4-7-15;/h5,8,10,15-16H,2-4,6-7,9,11-14H2,1H3,(H,26,27)(H2,25,28,29);1H. The van der Waals surface area contributed by atoms with Crippen LogP contribution in [0.4, 0.5) is 19.0 Å². The Morgan fingerprint density at radius 2 is 1.97 bits per heavy atom. The molecule has 7 nitrogen and oxygen atoms in total. The minimum atomic E-state index is -4.45. The molecule has 0 bridgehead atoms. The van der Waals surface area contributed by atoms with Crippen LogP contribution in [0.3, 0.4) is 0 Å². The van der Waals surface area contributed by atoms with Crippen LogP contribution in [0.5, 0.6) is 0 Å². The average molecular weight is 568 g/mol. The van der Waals surface area contributed by atoms with E-state index in [0.29, 0.717) is 19.0 Å². The van der Waals surface area contributed by atoms with Gasteiger partial charge in [0.25, 0.3) is 0 Å². The van der Waals surface area contributed by atoms with E-state index >= 15 is 0 Å². The first-order valence-corrected chi connectivity index (χ1v) is 10.9. The molecule has 1 amide bonds. The van der Waals surface area contributed by atoms with Gasteiger partial charge in [0.2, 0.25) is 5.91 Å². The molecule has 1 aromatic heterocycles. The van der Waals surface area contributed by atoms with Gasteiger partial charge in [-0.3, -0.25) is 9.79 Å². The summed E-state index contributed by atoms with van der Waals surface area (Å²) in [7, 11) is 1.64. The van der Waals surface area contributed by atoms with Gasteiger partial charge in [0, 0.05) is 51.4 Å². The summed E-state index contributed by atoms with van der Waals surface area (Å²) in [6, 6.07) is 2.38. The number of anilines is 1. The van der Waals surface area contributed by atoms with E-state index in [1.54, 1.807) is 7.05 Å². The lowest BCUT2D eigenvalue weighted by molar-refractivity contribution is -0.137. The fourth-order valence-electron chi connectivity index (χ4n) is 4.21. The van der Waals surface area contributed by atoms with Crippen molar-refractivity contribution in [2.45, 2.75) is 50.7 Å². The number of aromatic nitrogens is 1. The monoisotopic (exact) mass is 568 g/mol. The van der Waals surface area contributed by atoms with E-state index in [9.17, 15) is 18.0 Å². The number of hydrogen-bond donors (Lipinski definition) is 3. The normalized spacial score (nSPS) is 19.9. The van der Waals surface area contributed by atoms with Gasteiger partial charge in [-0.1, -0.05) is 19.3 Å². The minimum absolute atomic E-state index is 0. The van der Waals surface area contributed by atoms with Gasteiger partial charge in [-0.25, -0.2) is 4.98 Å². The van der Waals surface area contributed by atoms with E-state index in [2.05, 4.69) is 25.9 Å². The maximum atomic E-state index is 13.0. The molecule has 2 fully saturated rings. The Balaban J connectivity index is 0.00000363. The molecular weight excluding hydrogens is 536 g/mol. The molecule has 0 aromatic carbocycles. The largest absolute Gasteiger partial charge is 0.419 e. The molecule has 2 heterocycles. The highest BCUT2D eigenvalue weighted by Gasteiger charge is 2.34. The van der Waals surface area contributed by atoms with E-state index in [1.807, 2.05) is 4.90 Å². The Morgan fingerprint density at radius 3 is 2.66 bits per heavy atom. The van der Waals surface area contributed by atoms with Gasteiger partial charge >= 0.3 is 6.18 Å². The molecule has 3 N–H and O–H groups in total. The first kappa shape index (κ1) is 26.5. The summed E-state index contributed by atoms with van der Waals surface area (Å²) in [6.45, 7) is 2.01. The first-order chi connectivity index (χ1) is 14.9. The van der Waals surface area contributed by atoms with Crippen LogP contribution in [0.2, 0.25) is 0 Å². The van der Waals surface area contributed by atoms with Crippen molar-refractivity contribution >= 4 is 41.7 Å². The molecule has 11 heteroatoms. The second-order valence-electron chi connectivity index (χ2n) is 8.07. The summed E-state index contributed by atoms with van der Waals surface area (Å²) < 4.78 is 39.1. The predicted molar refractivity (Wildman–Crippen MR) is 129 cm³/mol. The van der Waals surface area contributed by atoms with E-state index in [4.69, 9.17) is 0 Å². The molecule has 1 saturated carbocycles. The molecule has 0 radical (unpaired) electrons. The molecule has 1 unspecified atom stereocenters. The molecule has 1 saturated heterocycles. The summed E-state index contributed by atoms with van der Waals surface area (Å²) in [5.74, 6) is 0.819. The number of alkyl halides is 3. The van der Waals surface area contributed by atoms with Crippen molar-refractivity contribution in [2.75, 3.05) is 38.5 Å². The summed E-state index contributed by atoms with van der Waals surface area (Å²) >= 11 is 0. The van der Waals surface area contributed by atoms with Crippen molar-refractivity contribution in [3.05, 3.63) is 23.9 Å². The van der Waals surface area contributed by atoms with Crippen molar-refractivity contribution in [3.63, 3.8) is 0 Å². The Kier molecular flexibility index (Phi) is 10.3. The lowest BCUT2D eigenvalue weighted by Gasteiger charge is -2.26. The number of aliphatic imine (C=N–C) groups is 1. The highest BCUT2D eigenvalue weighted by Crippen LogP contribution is 2.33.